The summed E-state index contributed by atoms with van der Waals surface area (Å²) in [5.41, 5.74) is 0.617. The van der Waals surface area contributed by atoms with Crippen LogP contribution in [-0.2, 0) is 16.6 Å². The summed E-state index contributed by atoms with van der Waals surface area (Å²) in [6.45, 7) is 6.30. The van der Waals surface area contributed by atoms with Crippen LogP contribution in [0.5, 0.6) is 0 Å². The highest BCUT2D eigenvalue weighted by molar-refractivity contribution is 8.01. The Bertz CT molecular complexity index is 587. The first-order chi connectivity index (χ1) is 9.77. The molecule has 0 saturated carbocycles. The monoisotopic (exact) mass is 332 g/mol. The molecule has 1 fully saturated rings. The van der Waals surface area contributed by atoms with Crippen LogP contribution in [0.15, 0.2) is 17.2 Å². The molecule has 0 aliphatic carbocycles. The van der Waals surface area contributed by atoms with Crippen molar-refractivity contribution in [3.63, 3.8) is 0 Å². The number of hydrogen-bond acceptors (Lipinski definition) is 4. The third-order valence-corrected chi connectivity index (χ3v) is 6.78. The largest absolute Gasteiger partial charge is 0.390 e. The minimum Gasteiger partial charge on any atom is -0.390 e. The summed E-state index contributed by atoms with van der Waals surface area (Å²) in [6, 6.07) is 1.66. The Morgan fingerprint density at radius 1 is 1.52 bits per heavy atom. The van der Waals surface area contributed by atoms with Gasteiger partial charge in [-0.3, -0.25) is 0 Å². The molecule has 21 heavy (non-hydrogen) atoms. The van der Waals surface area contributed by atoms with E-state index in [-0.39, 0.29) is 22.3 Å². The van der Waals surface area contributed by atoms with Crippen LogP contribution in [0.25, 0.3) is 0 Å². The third-order valence-electron chi connectivity index (χ3n) is 3.87. The van der Waals surface area contributed by atoms with E-state index in [1.54, 1.807) is 16.8 Å². The molecule has 2 N–H and O–H groups in total. The first-order valence-corrected chi connectivity index (χ1v) is 9.69. The molecule has 1 atom stereocenters. The molecule has 0 amide bonds. The van der Waals surface area contributed by atoms with Crippen molar-refractivity contribution in [3.8, 4) is 0 Å². The van der Waals surface area contributed by atoms with Crippen LogP contribution in [0.1, 0.15) is 45.3 Å². The number of thioether (sulfide) groups is 1. The van der Waals surface area contributed by atoms with Crippen molar-refractivity contribution in [2.24, 2.45) is 0 Å². The van der Waals surface area contributed by atoms with Gasteiger partial charge in [0.25, 0.3) is 0 Å². The summed E-state index contributed by atoms with van der Waals surface area (Å²) in [5.74, 6) is 1.09. The molecule has 1 aromatic rings. The van der Waals surface area contributed by atoms with Gasteiger partial charge in [-0.15, -0.1) is 0 Å². The van der Waals surface area contributed by atoms with Gasteiger partial charge < -0.3 is 9.67 Å². The van der Waals surface area contributed by atoms with Crippen LogP contribution in [0, 0.1) is 0 Å². The molecule has 2 rings (SSSR count). The van der Waals surface area contributed by atoms with E-state index in [1.807, 2.05) is 25.6 Å². The maximum atomic E-state index is 12.4. The Hall–Kier alpha value is -0.500. The highest BCUT2D eigenvalue weighted by atomic mass is 32.2. The van der Waals surface area contributed by atoms with Crippen LogP contribution in [-0.4, -0.2) is 35.1 Å². The maximum Gasteiger partial charge on any atom is 0.242 e. The van der Waals surface area contributed by atoms with E-state index in [0.29, 0.717) is 12.2 Å². The molecule has 0 aromatic carbocycles. The van der Waals surface area contributed by atoms with Crippen LogP contribution in [0.2, 0.25) is 0 Å². The van der Waals surface area contributed by atoms with Crippen molar-refractivity contribution in [1.82, 2.24) is 9.29 Å². The third kappa shape index (κ3) is 3.83. The number of sulfonamides is 1. The van der Waals surface area contributed by atoms with Crippen molar-refractivity contribution in [1.29, 1.82) is 0 Å². The molecule has 1 aliphatic heterocycles. The minimum absolute atomic E-state index is 0.00646. The number of rotatable bonds is 6. The standard InChI is InChI=1S/C14H24N2O3S2/c1-11(2)16-8-13(7-12(16)9-17)21(18,19)15-10-14(3)5-4-6-20-14/h7-8,11,15,17H,4-6,9-10H2,1-3H3. The molecule has 1 saturated heterocycles. The van der Waals surface area contributed by atoms with Crippen LogP contribution in [0.4, 0.5) is 0 Å². The minimum atomic E-state index is -3.53. The van der Waals surface area contributed by atoms with Gasteiger partial charge in [-0.2, -0.15) is 11.8 Å². The number of nitrogens with one attached hydrogen (secondary N) is 1. The molecule has 2 heterocycles. The second-order valence-electron chi connectivity index (χ2n) is 6.05. The van der Waals surface area contributed by atoms with E-state index in [2.05, 4.69) is 11.6 Å². The fourth-order valence-electron chi connectivity index (χ4n) is 2.56. The fourth-order valence-corrected chi connectivity index (χ4v) is 5.11. The van der Waals surface area contributed by atoms with E-state index in [0.717, 1.165) is 18.6 Å². The molecule has 7 heteroatoms. The van der Waals surface area contributed by atoms with Gasteiger partial charge in [0.1, 0.15) is 0 Å². The predicted molar refractivity (Wildman–Crippen MR) is 86.0 cm³/mol. The second kappa shape index (κ2) is 6.32. The molecular weight excluding hydrogens is 308 g/mol. The first kappa shape index (κ1) is 16.9. The normalized spacial score (nSPS) is 23.1. The van der Waals surface area contributed by atoms with Gasteiger partial charge in [0.15, 0.2) is 0 Å². The van der Waals surface area contributed by atoms with Crippen molar-refractivity contribution in [2.45, 2.75) is 55.9 Å². The van der Waals surface area contributed by atoms with Crippen molar-refractivity contribution < 1.29 is 13.5 Å². The zero-order chi connectivity index (χ0) is 15.7. The van der Waals surface area contributed by atoms with Crippen LogP contribution in [0.3, 0.4) is 0 Å². The van der Waals surface area contributed by atoms with E-state index in [4.69, 9.17) is 0 Å². The van der Waals surface area contributed by atoms with E-state index in [1.165, 1.54) is 0 Å². The number of hydrogen-bond donors (Lipinski definition) is 2. The van der Waals surface area contributed by atoms with Gasteiger partial charge in [-0.25, -0.2) is 13.1 Å². The summed E-state index contributed by atoms with van der Waals surface area (Å²) < 4.78 is 29.3. The summed E-state index contributed by atoms with van der Waals surface area (Å²) in [5, 5.41) is 9.35. The van der Waals surface area contributed by atoms with E-state index < -0.39 is 10.0 Å². The number of nitrogens with zero attached hydrogens (tertiary/aromatic N) is 1. The van der Waals surface area contributed by atoms with Crippen molar-refractivity contribution >= 4 is 21.8 Å². The van der Waals surface area contributed by atoms with Gasteiger partial charge >= 0.3 is 0 Å². The van der Waals surface area contributed by atoms with Gasteiger partial charge in [0, 0.05) is 29.2 Å². The van der Waals surface area contributed by atoms with Gasteiger partial charge in [-0.05, 0) is 45.4 Å². The van der Waals surface area contributed by atoms with Gasteiger partial charge in [0.05, 0.1) is 11.5 Å². The zero-order valence-corrected chi connectivity index (χ0v) is 14.4. The Labute approximate surface area is 131 Å². The predicted octanol–water partition coefficient (Wildman–Crippen LogP) is 2.13. The lowest BCUT2D eigenvalue weighted by molar-refractivity contribution is 0.268. The molecule has 1 aliphatic rings. The quantitative estimate of drug-likeness (QED) is 0.837. The average molecular weight is 332 g/mol. The lowest BCUT2D eigenvalue weighted by Gasteiger charge is -2.22. The van der Waals surface area contributed by atoms with Crippen LogP contribution < -0.4 is 4.72 Å². The molecule has 0 bridgehead atoms. The highest BCUT2D eigenvalue weighted by Gasteiger charge is 2.31. The van der Waals surface area contributed by atoms with Crippen molar-refractivity contribution in [3.05, 3.63) is 18.0 Å². The lowest BCUT2D eigenvalue weighted by Crippen LogP contribution is -2.36. The molecule has 120 valence electrons. The van der Waals surface area contributed by atoms with E-state index >= 15 is 0 Å². The SMILES string of the molecule is CC(C)n1cc(S(=O)(=O)NCC2(C)CCCS2)cc1CO. The first-order valence-electron chi connectivity index (χ1n) is 7.23. The maximum absolute atomic E-state index is 12.4. The van der Waals surface area contributed by atoms with Crippen LogP contribution >= 0.6 is 11.8 Å². The number of aromatic nitrogens is 1. The molecule has 5 nitrogen and oxygen atoms in total. The molecule has 1 aromatic heterocycles. The highest BCUT2D eigenvalue weighted by Crippen LogP contribution is 2.37. The molecule has 0 radical (unpaired) electrons. The Morgan fingerprint density at radius 3 is 2.71 bits per heavy atom. The summed E-state index contributed by atoms with van der Waals surface area (Å²) in [7, 11) is -3.53. The Kier molecular flexibility index (Phi) is 5.07. The van der Waals surface area contributed by atoms with Crippen molar-refractivity contribution in [2.75, 3.05) is 12.3 Å². The molecule has 1 unspecified atom stereocenters. The number of aliphatic hydroxyl groups is 1. The number of aliphatic hydroxyl groups excluding tert-OH is 1. The summed E-state index contributed by atoms with van der Waals surface area (Å²) in [6.07, 6.45) is 3.78. The smallest absolute Gasteiger partial charge is 0.242 e. The lowest BCUT2D eigenvalue weighted by atomic mass is 10.1. The summed E-state index contributed by atoms with van der Waals surface area (Å²) in [4.78, 5) is 0.229. The molecular formula is C14H24N2O3S2. The Morgan fingerprint density at radius 2 is 2.24 bits per heavy atom. The van der Waals surface area contributed by atoms with E-state index in [9.17, 15) is 13.5 Å². The van der Waals surface area contributed by atoms with Gasteiger partial charge in [-0.1, -0.05) is 0 Å². The van der Waals surface area contributed by atoms with Gasteiger partial charge in [0.2, 0.25) is 10.0 Å². The summed E-state index contributed by atoms with van der Waals surface area (Å²) >= 11 is 1.83. The molecule has 0 spiro atoms. The second-order valence-corrected chi connectivity index (χ2v) is 9.50. The average Bonchev–Trinajstić information content (AvgIpc) is 3.03. The fraction of sp³-hybridized carbons (Fsp3) is 0.714. The Balaban J connectivity index is 2.15. The zero-order valence-electron chi connectivity index (χ0n) is 12.8. The topological polar surface area (TPSA) is 71.3 Å².